The van der Waals surface area contributed by atoms with Crippen LogP contribution in [-0.4, -0.2) is 0 Å². The highest BCUT2D eigenvalue weighted by atomic mass is 14.8. The summed E-state index contributed by atoms with van der Waals surface area (Å²) in [5, 5.41) is 8.86. The zero-order chi connectivity index (χ0) is 12.3. The van der Waals surface area contributed by atoms with Gasteiger partial charge in [0, 0.05) is 0 Å². The van der Waals surface area contributed by atoms with Gasteiger partial charge in [-0.2, -0.15) is 5.26 Å². The van der Waals surface area contributed by atoms with Gasteiger partial charge in [0.15, 0.2) is 0 Å². The Kier molecular flexibility index (Phi) is 3.20. The summed E-state index contributed by atoms with van der Waals surface area (Å²) in [7, 11) is 0. The monoisotopic (exact) mass is 223 g/mol. The molecule has 0 heterocycles. The lowest BCUT2D eigenvalue weighted by Gasteiger charge is -2.08. The van der Waals surface area contributed by atoms with E-state index in [-0.39, 0.29) is 0 Å². The van der Waals surface area contributed by atoms with E-state index in [9.17, 15) is 0 Å². The summed E-state index contributed by atoms with van der Waals surface area (Å²) in [5.41, 5.74) is 14.8. The Morgan fingerprint density at radius 3 is 2.24 bits per heavy atom. The number of nitrogens with two attached hydrogens (primary N) is 2. The average molecular weight is 223 g/mol. The van der Waals surface area contributed by atoms with Gasteiger partial charge in [-0.15, -0.1) is 0 Å². The molecule has 0 atom stereocenters. The zero-order valence-corrected chi connectivity index (χ0v) is 9.30. The van der Waals surface area contributed by atoms with Gasteiger partial charge in [0.25, 0.3) is 0 Å². The molecule has 0 spiro atoms. The molecule has 0 bridgehead atoms. The van der Waals surface area contributed by atoms with E-state index in [0.717, 1.165) is 16.7 Å². The number of hydrogen-bond acceptors (Lipinski definition) is 3. The number of rotatable bonds is 2. The van der Waals surface area contributed by atoms with E-state index in [1.165, 1.54) is 0 Å². The molecule has 0 aliphatic carbocycles. The summed E-state index contributed by atoms with van der Waals surface area (Å²) in [6, 6.07) is 17.3. The number of nitrogens with zero attached hydrogens (tertiary/aromatic N) is 1. The highest BCUT2D eigenvalue weighted by molar-refractivity contribution is 5.66. The third-order valence-electron chi connectivity index (χ3n) is 2.60. The van der Waals surface area contributed by atoms with Gasteiger partial charge < -0.3 is 11.5 Å². The van der Waals surface area contributed by atoms with Crippen LogP contribution >= 0.6 is 0 Å². The van der Waals surface area contributed by atoms with Gasteiger partial charge >= 0.3 is 0 Å². The van der Waals surface area contributed by atoms with Crippen molar-refractivity contribution in [3.05, 3.63) is 59.7 Å². The molecule has 0 unspecified atom stereocenters. The van der Waals surface area contributed by atoms with Crippen molar-refractivity contribution >= 4 is 0 Å². The maximum Gasteiger partial charge on any atom is 0.0991 e. The van der Waals surface area contributed by atoms with E-state index in [4.69, 9.17) is 16.7 Å². The van der Waals surface area contributed by atoms with Crippen LogP contribution in [0, 0.1) is 11.3 Å². The number of hydrogen-bond donors (Lipinski definition) is 2. The first-order chi connectivity index (χ1) is 8.20. The first kappa shape index (κ1) is 11.3. The maximum absolute atomic E-state index is 8.86. The standard InChI is InChI=1S/C14H13N3/c15-9-10-3-1-4-11(7-10)12-5-2-6-13(8-12)14(16)17/h1-8,14H,16-17H2. The van der Waals surface area contributed by atoms with Crippen molar-refractivity contribution in [1.82, 2.24) is 0 Å². The molecule has 2 rings (SSSR count). The van der Waals surface area contributed by atoms with Crippen molar-refractivity contribution in [2.75, 3.05) is 0 Å². The molecule has 2 aromatic carbocycles. The van der Waals surface area contributed by atoms with E-state index >= 15 is 0 Å². The molecule has 2 aromatic rings. The van der Waals surface area contributed by atoms with Gasteiger partial charge in [-0.05, 0) is 34.9 Å². The summed E-state index contributed by atoms with van der Waals surface area (Å²) >= 11 is 0. The quantitative estimate of drug-likeness (QED) is 0.766. The fourth-order valence-corrected chi connectivity index (χ4v) is 1.69. The maximum atomic E-state index is 8.86. The van der Waals surface area contributed by atoms with Gasteiger partial charge in [0.1, 0.15) is 0 Å². The second-order valence-corrected chi connectivity index (χ2v) is 3.84. The molecule has 4 N–H and O–H groups in total. The molecule has 3 nitrogen and oxygen atoms in total. The lowest BCUT2D eigenvalue weighted by molar-refractivity contribution is 0.774. The predicted molar refractivity (Wildman–Crippen MR) is 67.7 cm³/mol. The van der Waals surface area contributed by atoms with Crippen LogP contribution in [0.1, 0.15) is 17.3 Å². The lowest BCUT2D eigenvalue weighted by Crippen LogP contribution is -2.19. The van der Waals surface area contributed by atoms with Crippen LogP contribution < -0.4 is 11.5 Å². The van der Waals surface area contributed by atoms with Gasteiger partial charge in [0.2, 0.25) is 0 Å². The summed E-state index contributed by atoms with van der Waals surface area (Å²) in [5.74, 6) is 0. The molecule has 17 heavy (non-hydrogen) atoms. The topological polar surface area (TPSA) is 75.8 Å². The lowest BCUT2D eigenvalue weighted by atomic mass is 10.0. The van der Waals surface area contributed by atoms with Crippen LogP contribution in [0.25, 0.3) is 11.1 Å². The Balaban J connectivity index is 2.46. The largest absolute Gasteiger partial charge is 0.312 e. The molecule has 0 fully saturated rings. The van der Waals surface area contributed by atoms with Crippen LogP contribution in [0.5, 0.6) is 0 Å². The van der Waals surface area contributed by atoms with Gasteiger partial charge in [0.05, 0.1) is 17.8 Å². The predicted octanol–water partition coefficient (Wildman–Crippen LogP) is 2.14. The summed E-state index contributed by atoms with van der Waals surface area (Å²) in [4.78, 5) is 0. The Bertz CT molecular complexity index is 568. The van der Waals surface area contributed by atoms with Crippen LogP contribution in [0.15, 0.2) is 48.5 Å². The van der Waals surface area contributed by atoms with Crippen LogP contribution in [-0.2, 0) is 0 Å². The van der Waals surface area contributed by atoms with E-state index in [2.05, 4.69) is 6.07 Å². The molecule has 0 aliphatic heterocycles. The Labute approximate surface area is 100 Å². The van der Waals surface area contributed by atoms with Crippen molar-refractivity contribution in [2.24, 2.45) is 11.5 Å². The van der Waals surface area contributed by atoms with Crippen LogP contribution in [0.4, 0.5) is 0 Å². The molecular formula is C14H13N3. The minimum atomic E-state index is -0.478. The molecule has 0 aliphatic rings. The molecule has 84 valence electrons. The Hall–Kier alpha value is -2.15. The highest BCUT2D eigenvalue weighted by Crippen LogP contribution is 2.22. The molecule has 0 aromatic heterocycles. The fraction of sp³-hybridized carbons (Fsp3) is 0.0714. The van der Waals surface area contributed by atoms with Crippen molar-refractivity contribution in [1.29, 1.82) is 5.26 Å². The zero-order valence-electron chi connectivity index (χ0n) is 9.30. The van der Waals surface area contributed by atoms with E-state index in [1.807, 2.05) is 42.5 Å². The SMILES string of the molecule is N#Cc1cccc(-c2cccc(C(N)N)c2)c1. The molecule has 3 heteroatoms. The first-order valence-electron chi connectivity index (χ1n) is 5.32. The van der Waals surface area contributed by atoms with E-state index in [0.29, 0.717) is 5.56 Å². The smallest absolute Gasteiger partial charge is 0.0991 e. The molecule has 0 radical (unpaired) electrons. The first-order valence-corrected chi connectivity index (χ1v) is 5.32. The van der Waals surface area contributed by atoms with Crippen molar-refractivity contribution in [3.63, 3.8) is 0 Å². The average Bonchev–Trinajstić information content (AvgIpc) is 2.39. The van der Waals surface area contributed by atoms with Crippen LogP contribution in [0.3, 0.4) is 0 Å². The van der Waals surface area contributed by atoms with Crippen molar-refractivity contribution in [3.8, 4) is 17.2 Å². The summed E-state index contributed by atoms with van der Waals surface area (Å²) in [6.45, 7) is 0. The van der Waals surface area contributed by atoms with E-state index < -0.39 is 6.17 Å². The summed E-state index contributed by atoms with van der Waals surface area (Å²) < 4.78 is 0. The van der Waals surface area contributed by atoms with Gasteiger partial charge in [-0.3, -0.25) is 0 Å². The highest BCUT2D eigenvalue weighted by Gasteiger charge is 2.03. The van der Waals surface area contributed by atoms with Gasteiger partial charge in [-0.25, -0.2) is 0 Å². The molecule has 0 saturated carbocycles. The normalized spacial score (nSPS) is 10.2. The second kappa shape index (κ2) is 4.79. The van der Waals surface area contributed by atoms with Crippen LogP contribution in [0.2, 0.25) is 0 Å². The fourth-order valence-electron chi connectivity index (χ4n) is 1.69. The Morgan fingerprint density at radius 2 is 1.59 bits per heavy atom. The van der Waals surface area contributed by atoms with Gasteiger partial charge in [-0.1, -0.05) is 30.3 Å². The minimum Gasteiger partial charge on any atom is -0.312 e. The van der Waals surface area contributed by atoms with Crippen molar-refractivity contribution < 1.29 is 0 Å². The number of nitriles is 1. The van der Waals surface area contributed by atoms with Crippen molar-refractivity contribution in [2.45, 2.75) is 6.17 Å². The third kappa shape index (κ3) is 2.51. The molecular weight excluding hydrogens is 210 g/mol. The van der Waals surface area contributed by atoms with E-state index in [1.54, 1.807) is 6.07 Å². The summed E-state index contributed by atoms with van der Waals surface area (Å²) in [6.07, 6.45) is -0.478. The molecule has 0 saturated heterocycles. The third-order valence-corrected chi connectivity index (χ3v) is 2.60. The Morgan fingerprint density at radius 1 is 0.941 bits per heavy atom. The molecule has 0 amide bonds. The number of benzene rings is 2. The second-order valence-electron chi connectivity index (χ2n) is 3.84. The minimum absolute atomic E-state index is 0.478.